The summed E-state index contributed by atoms with van der Waals surface area (Å²) in [4.78, 5) is 2.39. The Labute approximate surface area is 111 Å². The maximum atomic E-state index is 6.05. The van der Waals surface area contributed by atoms with E-state index in [0.717, 1.165) is 31.3 Å². The Balaban J connectivity index is 1.96. The number of hydrogen-bond acceptors (Lipinski definition) is 5. The number of nitrogens with zero attached hydrogens (tertiary/aromatic N) is 3. The average molecular weight is 276 g/mol. The zero-order valence-corrected chi connectivity index (χ0v) is 11.8. The first-order chi connectivity index (χ1) is 8.22. The molecule has 0 N–H and O–H groups in total. The minimum absolute atomic E-state index is 0.572. The van der Waals surface area contributed by atoms with Crippen molar-refractivity contribution >= 4 is 23.1 Å². The van der Waals surface area contributed by atoms with Gasteiger partial charge in [-0.2, -0.15) is 0 Å². The first-order valence-electron chi connectivity index (χ1n) is 5.92. The highest BCUT2D eigenvalue weighted by molar-refractivity contribution is 7.10. The van der Waals surface area contributed by atoms with Crippen LogP contribution in [0.25, 0.3) is 0 Å². The van der Waals surface area contributed by atoms with Gasteiger partial charge in [0, 0.05) is 37.8 Å². The van der Waals surface area contributed by atoms with Gasteiger partial charge in [-0.25, -0.2) is 0 Å². The maximum absolute atomic E-state index is 6.05. The van der Waals surface area contributed by atoms with Crippen LogP contribution in [0.2, 0.25) is 4.34 Å². The highest BCUT2D eigenvalue weighted by Crippen LogP contribution is 2.35. The van der Waals surface area contributed by atoms with Crippen molar-refractivity contribution in [1.82, 2.24) is 14.5 Å². The molecule has 1 fully saturated rings. The normalized spacial score (nSPS) is 17.6. The SMILES string of the molecule is COCCN(Cc1nnsc1Cl)C(C)C1CC1. The number of ether oxygens (including phenoxy) is 1. The summed E-state index contributed by atoms with van der Waals surface area (Å²) in [7, 11) is 1.73. The molecule has 1 saturated carbocycles. The molecule has 17 heavy (non-hydrogen) atoms. The van der Waals surface area contributed by atoms with Crippen LogP contribution < -0.4 is 0 Å². The Hall–Kier alpha value is -0.230. The van der Waals surface area contributed by atoms with Crippen LogP contribution in [0, 0.1) is 5.92 Å². The van der Waals surface area contributed by atoms with Gasteiger partial charge >= 0.3 is 0 Å². The van der Waals surface area contributed by atoms with Crippen LogP contribution in [0.15, 0.2) is 0 Å². The first-order valence-corrected chi connectivity index (χ1v) is 7.07. The summed E-state index contributed by atoms with van der Waals surface area (Å²) in [6.07, 6.45) is 2.68. The molecule has 0 bridgehead atoms. The van der Waals surface area contributed by atoms with E-state index >= 15 is 0 Å². The fourth-order valence-electron chi connectivity index (χ4n) is 2.00. The summed E-state index contributed by atoms with van der Waals surface area (Å²) >= 11 is 7.31. The van der Waals surface area contributed by atoms with Crippen LogP contribution in [0.1, 0.15) is 25.5 Å². The predicted molar refractivity (Wildman–Crippen MR) is 69.4 cm³/mol. The Morgan fingerprint density at radius 1 is 1.59 bits per heavy atom. The lowest BCUT2D eigenvalue weighted by Crippen LogP contribution is -2.36. The van der Waals surface area contributed by atoms with Crippen LogP contribution in [-0.2, 0) is 11.3 Å². The molecule has 0 spiro atoms. The maximum Gasteiger partial charge on any atom is 0.138 e. The van der Waals surface area contributed by atoms with Crippen molar-refractivity contribution in [2.75, 3.05) is 20.3 Å². The lowest BCUT2D eigenvalue weighted by atomic mass is 10.2. The molecule has 1 atom stereocenters. The fraction of sp³-hybridized carbons (Fsp3) is 0.818. The van der Waals surface area contributed by atoms with Crippen molar-refractivity contribution in [2.45, 2.75) is 32.4 Å². The third-order valence-electron chi connectivity index (χ3n) is 3.33. The van der Waals surface area contributed by atoms with E-state index < -0.39 is 0 Å². The quantitative estimate of drug-likeness (QED) is 0.766. The molecular formula is C11H18ClN3OS. The first kappa shape index (κ1) is 13.2. The van der Waals surface area contributed by atoms with Crippen molar-refractivity contribution < 1.29 is 4.74 Å². The molecule has 4 nitrogen and oxygen atoms in total. The van der Waals surface area contributed by atoms with Crippen molar-refractivity contribution in [3.63, 3.8) is 0 Å². The molecule has 0 aromatic carbocycles. The van der Waals surface area contributed by atoms with E-state index in [1.165, 1.54) is 24.4 Å². The number of hydrogen-bond donors (Lipinski definition) is 0. The summed E-state index contributed by atoms with van der Waals surface area (Å²) in [5, 5.41) is 4.08. The lowest BCUT2D eigenvalue weighted by molar-refractivity contribution is 0.110. The molecular weight excluding hydrogens is 258 g/mol. The Morgan fingerprint density at radius 2 is 2.35 bits per heavy atom. The van der Waals surface area contributed by atoms with Gasteiger partial charge in [-0.15, -0.1) is 5.10 Å². The summed E-state index contributed by atoms with van der Waals surface area (Å²) in [6, 6.07) is 0.572. The molecule has 2 rings (SSSR count). The van der Waals surface area contributed by atoms with E-state index in [1.54, 1.807) is 7.11 Å². The number of aromatic nitrogens is 2. The highest BCUT2D eigenvalue weighted by atomic mass is 35.5. The molecule has 1 unspecified atom stereocenters. The van der Waals surface area contributed by atoms with E-state index in [-0.39, 0.29) is 0 Å². The predicted octanol–water partition coefficient (Wildman–Crippen LogP) is 2.44. The van der Waals surface area contributed by atoms with Gasteiger partial charge in [0.15, 0.2) is 0 Å². The number of rotatable bonds is 7. The minimum atomic E-state index is 0.572. The molecule has 0 amide bonds. The standard InChI is InChI=1S/C11H18ClN3OS/c1-8(9-3-4-9)15(5-6-16-2)7-10-11(12)17-14-13-10/h8-9H,3-7H2,1-2H3. The van der Waals surface area contributed by atoms with E-state index in [9.17, 15) is 0 Å². The second-order valence-corrected chi connectivity index (χ2v) is 5.89. The topological polar surface area (TPSA) is 38.2 Å². The van der Waals surface area contributed by atoms with Crippen LogP contribution in [-0.4, -0.2) is 40.8 Å². The molecule has 6 heteroatoms. The molecule has 0 radical (unpaired) electrons. The van der Waals surface area contributed by atoms with Gasteiger partial charge in [0.25, 0.3) is 0 Å². The van der Waals surface area contributed by atoms with Crippen molar-refractivity contribution in [2.24, 2.45) is 5.92 Å². The molecule has 1 aromatic rings. The second kappa shape index (κ2) is 6.09. The van der Waals surface area contributed by atoms with Gasteiger partial charge in [-0.05, 0) is 25.7 Å². The molecule has 1 aliphatic rings. The van der Waals surface area contributed by atoms with Crippen LogP contribution >= 0.6 is 23.1 Å². The molecule has 1 aromatic heterocycles. The number of methoxy groups -OCH3 is 1. The zero-order valence-electron chi connectivity index (χ0n) is 10.2. The van der Waals surface area contributed by atoms with Crippen molar-refractivity contribution in [1.29, 1.82) is 0 Å². The average Bonchev–Trinajstić information content (AvgIpc) is 3.09. The van der Waals surface area contributed by atoms with Crippen LogP contribution in [0.5, 0.6) is 0 Å². The minimum Gasteiger partial charge on any atom is -0.383 e. The smallest absolute Gasteiger partial charge is 0.138 e. The highest BCUT2D eigenvalue weighted by Gasteiger charge is 2.32. The van der Waals surface area contributed by atoms with Crippen LogP contribution in [0.3, 0.4) is 0 Å². The second-order valence-electron chi connectivity index (χ2n) is 4.53. The molecule has 1 aliphatic carbocycles. The largest absolute Gasteiger partial charge is 0.383 e. The lowest BCUT2D eigenvalue weighted by Gasteiger charge is -2.28. The molecule has 0 aliphatic heterocycles. The Bertz CT molecular complexity index is 356. The van der Waals surface area contributed by atoms with Crippen molar-refractivity contribution in [3.8, 4) is 0 Å². The third-order valence-corrected chi connectivity index (χ3v) is 4.31. The number of halogens is 1. The Kier molecular flexibility index (Phi) is 4.73. The van der Waals surface area contributed by atoms with Gasteiger partial charge in [0.2, 0.25) is 0 Å². The molecule has 0 saturated heterocycles. The zero-order chi connectivity index (χ0) is 12.3. The summed E-state index contributed by atoms with van der Waals surface area (Å²) in [5.41, 5.74) is 0.889. The van der Waals surface area contributed by atoms with Gasteiger partial charge in [-0.3, -0.25) is 4.90 Å². The van der Waals surface area contributed by atoms with E-state index in [2.05, 4.69) is 21.4 Å². The van der Waals surface area contributed by atoms with E-state index in [0.29, 0.717) is 10.4 Å². The van der Waals surface area contributed by atoms with Crippen molar-refractivity contribution in [3.05, 3.63) is 10.0 Å². The molecule has 1 heterocycles. The van der Waals surface area contributed by atoms with Crippen LogP contribution in [0.4, 0.5) is 0 Å². The summed E-state index contributed by atoms with van der Waals surface area (Å²) < 4.78 is 9.74. The molecule has 96 valence electrons. The summed E-state index contributed by atoms with van der Waals surface area (Å²) in [5.74, 6) is 0.831. The van der Waals surface area contributed by atoms with E-state index in [1.807, 2.05) is 0 Å². The van der Waals surface area contributed by atoms with Gasteiger partial charge in [-0.1, -0.05) is 16.1 Å². The fourth-order valence-corrected chi connectivity index (χ4v) is 2.61. The third kappa shape index (κ3) is 3.61. The van der Waals surface area contributed by atoms with Gasteiger partial charge in [0.1, 0.15) is 10.0 Å². The monoisotopic (exact) mass is 275 g/mol. The van der Waals surface area contributed by atoms with Gasteiger partial charge < -0.3 is 4.74 Å². The van der Waals surface area contributed by atoms with E-state index in [4.69, 9.17) is 16.3 Å². The Morgan fingerprint density at radius 3 is 2.88 bits per heavy atom. The summed E-state index contributed by atoms with van der Waals surface area (Å²) in [6.45, 7) is 4.71. The van der Waals surface area contributed by atoms with Gasteiger partial charge in [0.05, 0.1) is 6.61 Å².